The second kappa shape index (κ2) is 9.24. The largest absolute Gasteiger partial charge is 0.492 e. The molecule has 3 N–H and O–H groups in total. The summed E-state index contributed by atoms with van der Waals surface area (Å²) >= 11 is 1.95. The molecule has 1 atom stereocenters. The predicted octanol–water partition coefficient (Wildman–Crippen LogP) is 2.98. The van der Waals surface area contributed by atoms with E-state index in [1.165, 1.54) is 12.1 Å². The summed E-state index contributed by atoms with van der Waals surface area (Å²) in [7, 11) is 0. The van der Waals surface area contributed by atoms with E-state index in [0.717, 1.165) is 12.1 Å². The number of ether oxygens (including phenoxy) is 1. The summed E-state index contributed by atoms with van der Waals surface area (Å²) in [6.07, 6.45) is -1.08. The van der Waals surface area contributed by atoms with Gasteiger partial charge in [-0.25, -0.2) is 13.6 Å². The van der Waals surface area contributed by atoms with Crippen LogP contribution in [-0.4, -0.2) is 40.6 Å². The van der Waals surface area contributed by atoms with Gasteiger partial charge >= 0.3 is 5.97 Å². The number of carboxylic acids is 1. The fourth-order valence-corrected chi connectivity index (χ4v) is 2.85. The number of aliphatic hydroxyl groups is 2. The molecule has 2 aromatic carbocycles. The molecule has 26 heavy (non-hydrogen) atoms. The number of hydrogen-bond acceptors (Lipinski definition) is 4. The SMILES string of the molecule is O=C(O)c1c(Cc2ccc(I)cc2F)cc(F)cc1OCC[C@@H](O)CO. The normalized spacial score (nSPS) is 12.0. The Balaban J connectivity index is 2.34. The van der Waals surface area contributed by atoms with Gasteiger partial charge in [0.2, 0.25) is 0 Å². The molecule has 0 fully saturated rings. The molecule has 0 aliphatic rings. The fraction of sp³-hybridized carbons (Fsp3) is 0.278. The van der Waals surface area contributed by atoms with Crippen LogP contribution in [0.5, 0.6) is 5.75 Å². The van der Waals surface area contributed by atoms with Crippen molar-refractivity contribution in [2.45, 2.75) is 18.9 Å². The minimum absolute atomic E-state index is 0.0488. The second-order valence-corrected chi connectivity index (χ2v) is 6.87. The van der Waals surface area contributed by atoms with E-state index in [1.807, 2.05) is 22.6 Å². The quantitative estimate of drug-likeness (QED) is 0.508. The summed E-state index contributed by atoms with van der Waals surface area (Å²) < 4.78 is 34.0. The van der Waals surface area contributed by atoms with Crippen LogP contribution in [0, 0.1) is 15.2 Å². The van der Waals surface area contributed by atoms with Gasteiger partial charge in [-0.1, -0.05) is 6.07 Å². The van der Waals surface area contributed by atoms with Crippen LogP contribution in [0.4, 0.5) is 8.78 Å². The molecule has 2 aromatic rings. The van der Waals surface area contributed by atoms with Gasteiger partial charge in [-0.15, -0.1) is 0 Å². The Morgan fingerprint density at radius 1 is 1.19 bits per heavy atom. The van der Waals surface area contributed by atoms with Crippen LogP contribution < -0.4 is 4.74 Å². The van der Waals surface area contributed by atoms with Gasteiger partial charge in [0, 0.05) is 22.5 Å². The van der Waals surface area contributed by atoms with Crippen molar-refractivity contribution < 1.29 is 33.6 Å². The smallest absolute Gasteiger partial charge is 0.339 e. The van der Waals surface area contributed by atoms with Crippen molar-refractivity contribution in [1.82, 2.24) is 0 Å². The number of aromatic carboxylic acids is 1. The van der Waals surface area contributed by atoms with Crippen LogP contribution in [0.1, 0.15) is 27.9 Å². The van der Waals surface area contributed by atoms with E-state index in [2.05, 4.69) is 0 Å². The van der Waals surface area contributed by atoms with E-state index in [-0.39, 0.29) is 41.9 Å². The van der Waals surface area contributed by atoms with Gasteiger partial charge in [0.25, 0.3) is 0 Å². The first-order valence-electron chi connectivity index (χ1n) is 7.73. The van der Waals surface area contributed by atoms with E-state index >= 15 is 0 Å². The van der Waals surface area contributed by atoms with Crippen molar-refractivity contribution in [2.75, 3.05) is 13.2 Å². The summed E-state index contributed by atoms with van der Waals surface area (Å²) in [5.41, 5.74) is 0.0540. The first kappa shape index (κ1) is 20.5. The average Bonchev–Trinajstić information content (AvgIpc) is 2.56. The van der Waals surface area contributed by atoms with Gasteiger partial charge < -0.3 is 20.1 Å². The molecule has 140 valence electrons. The molecule has 0 aliphatic heterocycles. The zero-order chi connectivity index (χ0) is 19.3. The van der Waals surface area contributed by atoms with E-state index in [9.17, 15) is 23.8 Å². The molecule has 0 radical (unpaired) electrons. The Kier molecular flexibility index (Phi) is 7.30. The molecule has 0 unspecified atom stereocenters. The summed E-state index contributed by atoms with van der Waals surface area (Å²) in [5, 5.41) is 27.6. The zero-order valence-corrected chi connectivity index (χ0v) is 15.7. The molecular weight excluding hydrogens is 461 g/mol. The van der Waals surface area contributed by atoms with E-state index in [4.69, 9.17) is 9.84 Å². The summed E-state index contributed by atoms with van der Waals surface area (Å²) in [6, 6.07) is 6.47. The maximum absolute atomic E-state index is 14.1. The first-order valence-corrected chi connectivity index (χ1v) is 8.81. The highest BCUT2D eigenvalue weighted by Gasteiger charge is 2.20. The lowest BCUT2D eigenvalue weighted by atomic mass is 9.98. The van der Waals surface area contributed by atoms with Crippen molar-refractivity contribution in [3.8, 4) is 5.75 Å². The Morgan fingerprint density at radius 3 is 2.54 bits per heavy atom. The van der Waals surface area contributed by atoms with Crippen molar-refractivity contribution in [1.29, 1.82) is 0 Å². The van der Waals surface area contributed by atoms with Crippen LogP contribution in [-0.2, 0) is 6.42 Å². The number of aliphatic hydroxyl groups excluding tert-OH is 2. The molecule has 0 heterocycles. The number of rotatable bonds is 8. The fourth-order valence-electron chi connectivity index (χ4n) is 2.40. The lowest BCUT2D eigenvalue weighted by Crippen LogP contribution is -2.17. The molecule has 0 saturated carbocycles. The highest BCUT2D eigenvalue weighted by molar-refractivity contribution is 14.1. The van der Waals surface area contributed by atoms with Crippen molar-refractivity contribution in [2.24, 2.45) is 0 Å². The lowest BCUT2D eigenvalue weighted by molar-refractivity contribution is 0.0679. The van der Waals surface area contributed by atoms with Crippen molar-refractivity contribution in [3.63, 3.8) is 0 Å². The van der Waals surface area contributed by atoms with Crippen LogP contribution in [0.25, 0.3) is 0 Å². The Labute approximate surface area is 162 Å². The third kappa shape index (κ3) is 5.36. The second-order valence-electron chi connectivity index (χ2n) is 5.63. The highest BCUT2D eigenvalue weighted by atomic mass is 127. The molecule has 8 heteroatoms. The predicted molar refractivity (Wildman–Crippen MR) is 98.5 cm³/mol. The van der Waals surface area contributed by atoms with Gasteiger partial charge in [0.15, 0.2) is 0 Å². The molecule has 2 rings (SSSR count). The highest BCUT2D eigenvalue weighted by Crippen LogP contribution is 2.28. The molecule has 0 spiro atoms. The Morgan fingerprint density at radius 2 is 1.92 bits per heavy atom. The summed E-state index contributed by atoms with van der Waals surface area (Å²) in [4.78, 5) is 11.6. The van der Waals surface area contributed by atoms with Crippen LogP contribution in [0.2, 0.25) is 0 Å². The molecule has 0 bridgehead atoms. The molecule has 5 nitrogen and oxygen atoms in total. The minimum atomic E-state index is -1.33. The maximum Gasteiger partial charge on any atom is 0.339 e. The number of hydrogen-bond donors (Lipinski definition) is 3. The van der Waals surface area contributed by atoms with Crippen molar-refractivity contribution >= 4 is 28.6 Å². The van der Waals surface area contributed by atoms with Gasteiger partial charge in [-0.2, -0.15) is 0 Å². The first-order chi connectivity index (χ1) is 12.3. The maximum atomic E-state index is 14.1. The van der Waals surface area contributed by atoms with Crippen LogP contribution in [0.15, 0.2) is 30.3 Å². The third-order valence-corrected chi connectivity index (χ3v) is 4.35. The average molecular weight is 478 g/mol. The molecule has 0 saturated heterocycles. The minimum Gasteiger partial charge on any atom is -0.492 e. The van der Waals surface area contributed by atoms with Crippen molar-refractivity contribution in [3.05, 3.63) is 62.2 Å². The van der Waals surface area contributed by atoms with Gasteiger partial charge in [0.1, 0.15) is 22.9 Å². The zero-order valence-electron chi connectivity index (χ0n) is 13.6. The number of carbonyl (C=O) groups is 1. The van der Waals surface area contributed by atoms with E-state index in [1.54, 1.807) is 6.07 Å². The standard InChI is InChI=1S/C18H17F2IO5/c19-12-6-11(5-10-1-2-13(21)8-15(10)20)17(18(24)25)16(7-12)26-4-3-14(23)9-22/h1-2,6-8,14,22-23H,3-5,9H2,(H,24,25)/t14-/m1/s1. The molecular formula is C18H17F2IO5. The van der Waals surface area contributed by atoms with Gasteiger partial charge in [-0.05, 0) is 51.9 Å². The monoisotopic (exact) mass is 478 g/mol. The third-order valence-electron chi connectivity index (χ3n) is 3.68. The van der Waals surface area contributed by atoms with Gasteiger partial charge in [0.05, 0.1) is 19.3 Å². The molecule has 0 aliphatic carbocycles. The van der Waals surface area contributed by atoms with Crippen LogP contribution in [0.3, 0.4) is 0 Å². The topological polar surface area (TPSA) is 87.0 Å². The van der Waals surface area contributed by atoms with Gasteiger partial charge in [-0.3, -0.25) is 0 Å². The number of carboxylic acid groups (broad SMARTS) is 1. The Bertz CT molecular complexity index is 797. The van der Waals surface area contributed by atoms with Crippen LogP contribution >= 0.6 is 22.6 Å². The van der Waals surface area contributed by atoms with E-state index < -0.39 is 30.3 Å². The summed E-state index contributed by atoms with van der Waals surface area (Å²) in [6.45, 7) is -0.571. The summed E-state index contributed by atoms with van der Waals surface area (Å²) in [5.74, 6) is -2.76. The molecule has 0 aromatic heterocycles. The molecule has 0 amide bonds. The number of halogens is 3. The lowest BCUT2D eigenvalue weighted by Gasteiger charge is -2.15. The number of benzene rings is 2. The van der Waals surface area contributed by atoms with E-state index in [0.29, 0.717) is 3.57 Å². The Hall–Kier alpha value is -1.78.